The number of amides is 1. The number of carbonyl (C=O) groups excluding carboxylic acids is 1. The molecule has 1 aliphatic rings. The summed E-state index contributed by atoms with van der Waals surface area (Å²) in [5.41, 5.74) is -0.0760. The second kappa shape index (κ2) is 10.9. The van der Waals surface area contributed by atoms with Gasteiger partial charge in [0.05, 0.1) is 18.4 Å². The van der Waals surface area contributed by atoms with E-state index in [9.17, 15) is 13.6 Å². The van der Waals surface area contributed by atoms with E-state index in [1.165, 1.54) is 24.5 Å². The molecule has 0 unspecified atom stereocenters. The number of anilines is 2. The highest BCUT2D eigenvalue weighted by molar-refractivity contribution is 5.67. The molecule has 3 rings (SSSR count). The average molecular weight is 450 g/mol. The summed E-state index contributed by atoms with van der Waals surface area (Å²) in [4.78, 5) is 21.8. The Morgan fingerprint density at radius 1 is 1.22 bits per heavy atom. The zero-order valence-corrected chi connectivity index (χ0v) is 18.4. The SMILES string of the molecule is CCCOc1ccc(Nc2cc(OC3CCN(C(=O)OC(C)C)CC3)ncn2)c(F)c1F. The van der Waals surface area contributed by atoms with Crippen LogP contribution in [-0.2, 0) is 4.74 Å². The Hall–Kier alpha value is -3.17. The fraction of sp³-hybridized carbons (Fsp3) is 0.500. The van der Waals surface area contributed by atoms with Crippen molar-refractivity contribution in [2.75, 3.05) is 25.0 Å². The molecule has 1 amide bonds. The summed E-state index contributed by atoms with van der Waals surface area (Å²) in [7, 11) is 0. The Morgan fingerprint density at radius 3 is 2.66 bits per heavy atom. The van der Waals surface area contributed by atoms with Crippen LogP contribution in [0.25, 0.3) is 0 Å². The molecular weight excluding hydrogens is 422 g/mol. The number of ether oxygens (including phenoxy) is 3. The molecule has 1 aliphatic heterocycles. The third-order valence-corrected chi connectivity index (χ3v) is 4.74. The molecule has 1 fully saturated rings. The maximum absolute atomic E-state index is 14.4. The minimum atomic E-state index is -1.06. The predicted molar refractivity (Wildman–Crippen MR) is 114 cm³/mol. The van der Waals surface area contributed by atoms with E-state index in [2.05, 4.69) is 15.3 Å². The Balaban J connectivity index is 1.58. The number of hydrogen-bond acceptors (Lipinski definition) is 7. The molecule has 1 saturated heterocycles. The lowest BCUT2D eigenvalue weighted by Gasteiger charge is -2.31. The summed E-state index contributed by atoms with van der Waals surface area (Å²) in [6.45, 7) is 6.83. The van der Waals surface area contributed by atoms with Crippen molar-refractivity contribution >= 4 is 17.6 Å². The van der Waals surface area contributed by atoms with Gasteiger partial charge in [0, 0.05) is 32.0 Å². The lowest BCUT2D eigenvalue weighted by atomic mass is 10.1. The Kier molecular flexibility index (Phi) is 8.02. The first kappa shape index (κ1) is 23.5. The van der Waals surface area contributed by atoms with Crippen LogP contribution in [0.2, 0.25) is 0 Å². The lowest BCUT2D eigenvalue weighted by Crippen LogP contribution is -2.42. The molecule has 2 aromatic rings. The number of rotatable bonds is 8. The number of likely N-dealkylation sites (tertiary alicyclic amines) is 1. The lowest BCUT2D eigenvalue weighted by molar-refractivity contribution is 0.0507. The van der Waals surface area contributed by atoms with Crippen LogP contribution in [-0.4, -0.2) is 52.9 Å². The zero-order valence-electron chi connectivity index (χ0n) is 18.4. The summed E-state index contributed by atoms with van der Waals surface area (Å²) in [6.07, 6.45) is 2.59. The number of aromatic nitrogens is 2. The smallest absolute Gasteiger partial charge is 0.410 e. The van der Waals surface area contributed by atoms with Crippen molar-refractivity contribution in [3.8, 4) is 11.6 Å². The first-order valence-corrected chi connectivity index (χ1v) is 10.7. The molecule has 1 aromatic heterocycles. The number of nitrogens with zero attached hydrogens (tertiary/aromatic N) is 3. The van der Waals surface area contributed by atoms with E-state index in [-0.39, 0.29) is 35.6 Å². The van der Waals surface area contributed by atoms with E-state index in [0.717, 1.165) is 0 Å². The van der Waals surface area contributed by atoms with Gasteiger partial charge in [-0.15, -0.1) is 0 Å². The number of piperidine rings is 1. The quantitative estimate of drug-likeness (QED) is 0.625. The van der Waals surface area contributed by atoms with Crippen LogP contribution in [0.4, 0.5) is 25.1 Å². The minimum absolute atomic E-state index is 0.0760. The van der Waals surface area contributed by atoms with Gasteiger partial charge in [0.25, 0.3) is 0 Å². The molecule has 0 bridgehead atoms. The summed E-state index contributed by atoms with van der Waals surface area (Å²) in [5, 5.41) is 2.74. The molecule has 174 valence electrons. The molecule has 8 nitrogen and oxygen atoms in total. The summed E-state index contributed by atoms with van der Waals surface area (Å²) in [5.74, 6) is -1.69. The maximum Gasteiger partial charge on any atom is 0.410 e. The molecule has 0 aliphatic carbocycles. The Labute approximate surface area is 185 Å². The molecule has 0 spiro atoms. The highest BCUT2D eigenvalue weighted by Crippen LogP contribution is 2.28. The van der Waals surface area contributed by atoms with Crippen molar-refractivity contribution in [1.29, 1.82) is 0 Å². The van der Waals surface area contributed by atoms with Gasteiger partial charge >= 0.3 is 6.09 Å². The van der Waals surface area contributed by atoms with Crippen molar-refractivity contribution in [2.45, 2.75) is 52.2 Å². The number of benzene rings is 1. The molecular formula is C22H28F2N4O4. The number of carbonyl (C=O) groups is 1. The monoisotopic (exact) mass is 450 g/mol. The number of hydrogen-bond donors (Lipinski definition) is 1. The van der Waals surface area contributed by atoms with Gasteiger partial charge in [-0.05, 0) is 32.4 Å². The van der Waals surface area contributed by atoms with Crippen molar-refractivity contribution < 1.29 is 27.8 Å². The first-order chi connectivity index (χ1) is 15.4. The van der Waals surface area contributed by atoms with Crippen LogP contribution in [0.5, 0.6) is 11.6 Å². The first-order valence-electron chi connectivity index (χ1n) is 10.7. The summed E-state index contributed by atoms with van der Waals surface area (Å²) >= 11 is 0. The Morgan fingerprint density at radius 2 is 1.97 bits per heavy atom. The van der Waals surface area contributed by atoms with Crippen molar-refractivity contribution in [2.24, 2.45) is 0 Å². The molecule has 1 N–H and O–H groups in total. The molecule has 0 saturated carbocycles. The van der Waals surface area contributed by atoms with Gasteiger partial charge in [-0.3, -0.25) is 0 Å². The van der Waals surface area contributed by atoms with E-state index in [4.69, 9.17) is 14.2 Å². The van der Waals surface area contributed by atoms with Crippen molar-refractivity contribution in [1.82, 2.24) is 14.9 Å². The fourth-order valence-electron chi connectivity index (χ4n) is 3.17. The van der Waals surface area contributed by atoms with Gasteiger partial charge in [0.15, 0.2) is 11.6 Å². The molecule has 32 heavy (non-hydrogen) atoms. The van der Waals surface area contributed by atoms with Crippen LogP contribution in [0.3, 0.4) is 0 Å². The van der Waals surface area contributed by atoms with Gasteiger partial charge in [-0.2, -0.15) is 4.39 Å². The van der Waals surface area contributed by atoms with E-state index >= 15 is 0 Å². The van der Waals surface area contributed by atoms with Crippen molar-refractivity contribution in [3.63, 3.8) is 0 Å². The topological polar surface area (TPSA) is 85.8 Å². The molecule has 2 heterocycles. The average Bonchev–Trinajstić information content (AvgIpc) is 2.77. The zero-order chi connectivity index (χ0) is 23.1. The maximum atomic E-state index is 14.4. The van der Waals surface area contributed by atoms with Crippen LogP contribution in [0.15, 0.2) is 24.5 Å². The van der Waals surface area contributed by atoms with Crippen LogP contribution in [0.1, 0.15) is 40.0 Å². The van der Waals surface area contributed by atoms with Gasteiger partial charge in [-0.25, -0.2) is 19.2 Å². The molecule has 10 heteroatoms. The largest absolute Gasteiger partial charge is 0.490 e. The normalized spacial score (nSPS) is 14.4. The second-order valence-corrected chi connectivity index (χ2v) is 7.69. The van der Waals surface area contributed by atoms with Crippen LogP contribution >= 0.6 is 0 Å². The number of nitrogens with one attached hydrogen (secondary N) is 1. The molecule has 1 aromatic carbocycles. The third kappa shape index (κ3) is 6.18. The second-order valence-electron chi connectivity index (χ2n) is 7.69. The van der Waals surface area contributed by atoms with Gasteiger partial charge in [0.1, 0.15) is 18.2 Å². The van der Waals surface area contributed by atoms with E-state index in [1.54, 1.807) is 4.90 Å². The number of halogens is 2. The minimum Gasteiger partial charge on any atom is -0.490 e. The highest BCUT2D eigenvalue weighted by atomic mass is 19.2. The van der Waals surface area contributed by atoms with E-state index < -0.39 is 11.6 Å². The third-order valence-electron chi connectivity index (χ3n) is 4.74. The van der Waals surface area contributed by atoms with Crippen LogP contribution in [0, 0.1) is 11.6 Å². The van der Waals surface area contributed by atoms with E-state index in [0.29, 0.717) is 44.8 Å². The highest BCUT2D eigenvalue weighted by Gasteiger charge is 2.25. The van der Waals surface area contributed by atoms with Crippen molar-refractivity contribution in [3.05, 3.63) is 36.2 Å². The molecule has 0 atom stereocenters. The van der Waals surface area contributed by atoms with E-state index in [1.807, 2.05) is 20.8 Å². The summed E-state index contributed by atoms with van der Waals surface area (Å²) in [6, 6.07) is 4.27. The molecule has 0 radical (unpaired) electrons. The fourth-order valence-corrected chi connectivity index (χ4v) is 3.17. The standard InChI is InChI=1S/C22H28F2N4O4/c1-4-11-30-17-6-5-16(20(23)21(17)24)27-18-12-19(26-13-25-18)32-15-7-9-28(10-8-15)22(29)31-14(2)3/h5-6,12-15H,4,7-11H2,1-3H3,(H,25,26,27). The predicted octanol–water partition coefficient (Wildman–Crippen LogP) is 4.68. The summed E-state index contributed by atoms with van der Waals surface area (Å²) < 4.78 is 44.9. The van der Waals surface area contributed by atoms with Gasteiger partial charge in [0.2, 0.25) is 11.7 Å². The van der Waals surface area contributed by atoms with Crippen LogP contribution < -0.4 is 14.8 Å². The Bertz CT molecular complexity index is 921. The van der Waals surface area contributed by atoms with Gasteiger partial charge in [-0.1, -0.05) is 6.92 Å². The van der Waals surface area contributed by atoms with Gasteiger partial charge < -0.3 is 24.4 Å².